The number of β-amino-alcohol motifs (C(OH)–C–C–N with tert-alkyl or cyclic N) is 1. The monoisotopic (exact) mass is 789 g/mol. The zero-order valence-electron chi connectivity index (χ0n) is 33.6. The molecule has 1 N–H and O–H groups in total. The number of aromatic nitrogens is 1. The lowest BCUT2D eigenvalue weighted by Gasteiger charge is -2.27. The maximum absolute atomic E-state index is 14.4. The Balaban J connectivity index is 1.12. The molecule has 1 saturated carbocycles. The van der Waals surface area contributed by atoms with Crippen molar-refractivity contribution in [1.29, 1.82) is 5.26 Å². The summed E-state index contributed by atoms with van der Waals surface area (Å²) in [6, 6.07) is 20.7. The number of fused-ring (bicyclic) bond motifs is 1. The Morgan fingerprint density at radius 1 is 1.00 bits per heavy atom. The van der Waals surface area contributed by atoms with Gasteiger partial charge in [0.15, 0.2) is 5.58 Å². The molecule has 2 heterocycles. The average Bonchev–Trinajstić information content (AvgIpc) is 3.83. The second-order valence-electron chi connectivity index (χ2n) is 16.1. The number of nitriles is 1. The summed E-state index contributed by atoms with van der Waals surface area (Å²) in [5.74, 6) is 0.773. The molecule has 0 amide bonds. The van der Waals surface area contributed by atoms with E-state index in [1.54, 1.807) is 18.2 Å². The molecule has 0 radical (unpaired) electrons. The van der Waals surface area contributed by atoms with Crippen LogP contribution in [0.4, 0.5) is 13.2 Å². The molecule has 4 aromatic carbocycles. The van der Waals surface area contributed by atoms with E-state index in [9.17, 15) is 28.3 Å². The molecule has 10 heteroatoms. The van der Waals surface area contributed by atoms with Crippen molar-refractivity contribution in [2.24, 2.45) is 11.8 Å². The lowest BCUT2D eigenvalue weighted by atomic mass is 9.79. The number of ether oxygens (including phenoxy) is 1. The van der Waals surface area contributed by atoms with Crippen LogP contribution in [0.2, 0.25) is 0 Å². The van der Waals surface area contributed by atoms with E-state index in [1.165, 1.54) is 13.2 Å². The first-order valence-electron chi connectivity index (χ1n) is 20.2. The van der Waals surface area contributed by atoms with Gasteiger partial charge >= 0.3 is 12.1 Å². The van der Waals surface area contributed by atoms with E-state index in [1.807, 2.05) is 74.2 Å². The van der Waals surface area contributed by atoms with Crippen molar-refractivity contribution in [3.63, 3.8) is 0 Å². The molecule has 58 heavy (non-hydrogen) atoms. The van der Waals surface area contributed by atoms with E-state index in [0.717, 1.165) is 89.5 Å². The third-order valence-corrected chi connectivity index (χ3v) is 12.2. The molecule has 7 rings (SSSR count). The smallest absolute Gasteiger partial charge is 0.416 e. The number of methoxy groups -OCH3 is 1. The number of aryl methyl sites for hydroxylation is 2. The van der Waals surface area contributed by atoms with Gasteiger partial charge in [-0.1, -0.05) is 67.8 Å². The predicted octanol–water partition coefficient (Wildman–Crippen LogP) is 11.0. The number of esters is 1. The number of hydrogen-bond donors (Lipinski definition) is 1. The molecule has 3 atom stereocenters. The topological polar surface area (TPSA) is 99.6 Å². The van der Waals surface area contributed by atoms with Crippen LogP contribution >= 0.6 is 0 Å². The summed E-state index contributed by atoms with van der Waals surface area (Å²) in [5, 5.41) is 20.0. The highest BCUT2D eigenvalue weighted by Gasteiger charge is 2.34. The van der Waals surface area contributed by atoms with Gasteiger partial charge < -0.3 is 14.3 Å². The molecule has 1 saturated heterocycles. The first-order chi connectivity index (χ1) is 27.8. The number of likely N-dealkylation sites (tertiary alicyclic amines) is 1. The highest BCUT2D eigenvalue weighted by atomic mass is 19.4. The number of hydrogen-bond acceptors (Lipinski definition) is 7. The quantitative estimate of drug-likeness (QED) is 0.105. The number of rotatable bonds is 11. The second kappa shape index (κ2) is 17.3. The number of aliphatic hydroxyl groups is 1. The van der Waals surface area contributed by atoms with Gasteiger partial charge in [0, 0.05) is 25.2 Å². The number of oxazole rings is 1. The Bertz CT molecular complexity index is 2390. The maximum atomic E-state index is 14.4. The standard InChI is InChI=1S/C48H50F3N3O4/c1-29-21-35(43(48(49,50)51)25-38(29)27-54-20-19-39(55)28-54)18-17-34-12-7-14-40(30(34)2)41-15-8-16-42(31(41)3)46-53-44-24-33(23-37(26-52)45(44)58-46)11-5-9-32-10-6-13-36(22-32)47(56)57-4/h7-8,12,14-18,21,23-25,32,36,39,55H,5-6,9-11,13,19-20,22,27-28H2,1-4H3/b18-17+/t32?,36-,39-/m1/s1. The third kappa shape index (κ3) is 8.91. The van der Waals surface area contributed by atoms with Gasteiger partial charge in [-0.3, -0.25) is 9.69 Å². The van der Waals surface area contributed by atoms with Gasteiger partial charge in [0.2, 0.25) is 5.89 Å². The molecule has 1 aliphatic heterocycles. The van der Waals surface area contributed by atoms with Gasteiger partial charge in [-0.25, -0.2) is 4.98 Å². The summed E-state index contributed by atoms with van der Waals surface area (Å²) in [5.41, 5.74) is 8.61. The Morgan fingerprint density at radius 2 is 1.74 bits per heavy atom. The van der Waals surface area contributed by atoms with Gasteiger partial charge in [0.05, 0.1) is 30.3 Å². The number of aliphatic hydroxyl groups excluding tert-OH is 1. The van der Waals surface area contributed by atoms with Crippen molar-refractivity contribution in [2.75, 3.05) is 20.2 Å². The van der Waals surface area contributed by atoms with Crippen molar-refractivity contribution in [2.45, 2.75) is 91.0 Å². The largest absolute Gasteiger partial charge is 0.469 e. The number of halogens is 3. The Morgan fingerprint density at radius 3 is 2.47 bits per heavy atom. The van der Waals surface area contributed by atoms with Gasteiger partial charge in [-0.2, -0.15) is 18.4 Å². The number of carbonyl (C=O) groups is 1. The summed E-state index contributed by atoms with van der Waals surface area (Å²) in [6.07, 6.45) is 5.59. The predicted molar refractivity (Wildman–Crippen MR) is 220 cm³/mol. The van der Waals surface area contributed by atoms with Crippen molar-refractivity contribution in [1.82, 2.24) is 9.88 Å². The third-order valence-electron chi connectivity index (χ3n) is 12.2. The van der Waals surface area contributed by atoms with Crippen LogP contribution in [-0.2, 0) is 28.7 Å². The Labute approximate surface area is 338 Å². The summed E-state index contributed by atoms with van der Waals surface area (Å²) in [6.45, 7) is 7.28. The average molecular weight is 790 g/mol. The molecule has 1 aliphatic carbocycles. The lowest BCUT2D eigenvalue weighted by Crippen LogP contribution is -2.24. The van der Waals surface area contributed by atoms with E-state index in [0.29, 0.717) is 60.1 Å². The first kappa shape index (κ1) is 40.9. The van der Waals surface area contributed by atoms with Gasteiger partial charge in [-0.15, -0.1) is 0 Å². The molecular formula is C48H50F3N3O4. The van der Waals surface area contributed by atoms with Crippen LogP contribution in [0.25, 0.3) is 45.8 Å². The van der Waals surface area contributed by atoms with Crippen LogP contribution in [0.5, 0.6) is 0 Å². The minimum atomic E-state index is -4.53. The number of nitrogens with zero attached hydrogens (tertiary/aromatic N) is 3. The fraction of sp³-hybridized carbons (Fsp3) is 0.396. The van der Waals surface area contributed by atoms with Crippen molar-refractivity contribution in [3.05, 3.63) is 111 Å². The van der Waals surface area contributed by atoms with E-state index in [-0.39, 0.29) is 17.5 Å². The normalized spacial score (nSPS) is 18.9. The maximum Gasteiger partial charge on any atom is 0.416 e. The highest BCUT2D eigenvalue weighted by Crippen LogP contribution is 2.39. The van der Waals surface area contributed by atoms with E-state index in [2.05, 4.69) is 6.07 Å². The molecule has 1 aromatic heterocycles. The SMILES string of the molecule is COC(=O)[C@@H]1CCCC(CCCc2cc(C#N)c3oc(-c4cccc(-c5cccc(/C=C/c6cc(C)c(CN7CC[C@@H](O)C7)cc6C(F)(F)F)c5C)c4C)nc3c2)C1. The van der Waals surface area contributed by atoms with Crippen molar-refractivity contribution >= 4 is 29.2 Å². The molecule has 2 fully saturated rings. The van der Waals surface area contributed by atoms with E-state index < -0.39 is 17.8 Å². The van der Waals surface area contributed by atoms with Crippen LogP contribution in [0.15, 0.2) is 65.1 Å². The number of benzene rings is 4. The van der Waals surface area contributed by atoms with Crippen LogP contribution in [0.3, 0.4) is 0 Å². The zero-order valence-corrected chi connectivity index (χ0v) is 33.6. The first-order valence-corrected chi connectivity index (χ1v) is 20.2. The van der Waals surface area contributed by atoms with E-state index >= 15 is 0 Å². The van der Waals surface area contributed by atoms with Crippen LogP contribution < -0.4 is 0 Å². The Hall–Kier alpha value is -5.24. The van der Waals surface area contributed by atoms with E-state index in [4.69, 9.17) is 14.1 Å². The van der Waals surface area contributed by atoms with Gasteiger partial charge in [0.1, 0.15) is 11.6 Å². The summed E-state index contributed by atoms with van der Waals surface area (Å²) in [7, 11) is 1.46. The highest BCUT2D eigenvalue weighted by molar-refractivity contribution is 5.85. The second-order valence-corrected chi connectivity index (χ2v) is 16.1. The van der Waals surface area contributed by atoms with Gasteiger partial charge in [-0.05, 0) is 133 Å². The Kier molecular flexibility index (Phi) is 12.2. The van der Waals surface area contributed by atoms with Crippen LogP contribution in [0, 0.1) is 43.9 Å². The molecule has 0 bridgehead atoms. The molecular weight excluding hydrogens is 740 g/mol. The molecule has 5 aromatic rings. The van der Waals surface area contributed by atoms with Crippen molar-refractivity contribution < 1.29 is 32.2 Å². The molecule has 2 aliphatic rings. The van der Waals surface area contributed by atoms with Gasteiger partial charge in [0.25, 0.3) is 0 Å². The zero-order chi connectivity index (χ0) is 41.1. The summed E-state index contributed by atoms with van der Waals surface area (Å²) >= 11 is 0. The lowest BCUT2D eigenvalue weighted by molar-refractivity contribution is -0.147. The number of carbonyl (C=O) groups excluding carboxylic acids is 1. The summed E-state index contributed by atoms with van der Waals surface area (Å²) < 4.78 is 54.5. The molecule has 302 valence electrons. The minimum Gasteiger partial charge on any atom is -0.469 e. The fourth-order valence-corrected chi connectivity index (χ4v) is 8.95. The minimum absolute atomic E-state index is 0.0123. The molecule has 7 nitrogen and oxygen atoms in total. The van der Waals surface area contributed by atoms with Crippen LogP contribution in [-0.4, -0.2) is 47.3 Å². The molecule has 1 unspecified atom stereocenters. The molecule has 0 spiro atoms. The van der Waals surface area contributed by atoms with Crippen LogP contribution in [0.1, 0.15) is 95.0 Å². The summed E-state index contributed by atoms with van der Waals surface area (Å²) in [4.78, 5) is 19.0. The fourth-order valence-electron chi connectivity index (χ4n) is 8.95. The number of alkyl halides is 3. The van der Waals surface area contributed by atoms with Crippen molar-refractivity contribution in [3.8, 4) is 28.7 Å².